The summed E-state index contributed by atoms with van der Waals surface area (Å²) in [4.78, 5) is 4.31. The molecule has 160 valence electrons. The molecular formula is C22H32IN3O3. The average Bonchev–Trinajstić information content (AvgIpc) is 2.73. The molecule has 2 N–H and O–H groups in total. The quantitative estimate of drug-likeness (QED) is 0.206. The molecule has 0 saturated heterocycles. The number of methoxy groups -OCH3 is 1. The molecule has 0 fully saturated rings. The number of anilines is 1. The molecule has 2 aromatic carbocycles. The maximum absolute atomic E-state index is 5.70. The van der Waals surface area contributed by atoms with Crippen molar-refractivity contribution in [3.05, 3.63) is 53.6 Å². The molecule has 0 radical (unpaired) electrons. The first-order chi connectivity index (χ1) is 13.7. The van der Waals surface area contributed by atoms with Crippen LogP contribution in [0.4, 0.5) is 5.69 Å². The number of nitrogens with zero attached hydrogens (tertiary/aromatic N) is 1. The molecule has 0 spiro atoms. The molecule has 0 aliphatic heterocycles. The predicted molar refractivity (Wildman–Crippen MR) is 130 cm³/mol. The highest BCUT2D eigenvalue weighted by molar-refractivity contribution is 14.0. The van der Waals surface area contributed by atoms with Crippen LogP contribution < -0.4 is 20.1 Å². The maximum atomic E-state index is 5.70. The molecule has 0 bridgehead atoms. The van der Waals surface area contributed by atoms with Gasteiger partial charge in [-0.15, -0.1) is 24.0 Å². The molecule has 0 aliphatic carbocycles. The summed E-state index contributed by atoms with van der Waals surface area (Å²) in [7, 11) is 3.38. The summed E-state index contributed by atoms with van der Waals surface area (Å²) in [6.07, 6.45) is 1.02. The first-order valence-electron chi connectivity index (χ1n) is 9.64. The van der Waals surface area contributed by atoms with E-state index in [1.54, 1.807) is 14.2 Å². The van der Waals surface area contributed by atoms with Gasteiger partial charge in [-0.3, -0.25) is 4.99 Å². The lowest BCUT2D eigenvalue weighted by molar-refractivity contribution is 0.121. The fourth-order valence-corrected chi connectivity index (χ4v) is 2.71. The van der Waals surface area contributed by atoms with Gasteiger partial charge in [0.25, 0.3) is 0 Å². The van der Waals surface area contributed by atoms with Crippen molar-refractivity contribution in [2.24, 2.45) is 4.99 Å². The summed E-state index contributed by atoms with van der Waals surface area (Å²) >= 11 is 0. The van der Waals surface area contributed by atoms with Crippen LogP contribution in [0.5, 0.6) is 11.5 Å². The topological polar surface area (TPSA) is 64.1 Å². The predicted octanol–water partition coefficient (Wildman–Crippen LogP) is 4.83. The van der Waals surface area contributed by atoms with Gasteiger partial charge in [-0.05, 0) is 36.6 Å². The van der Waals surface area contributed by atoms with Crippen molar-refractivity contribution in [3.8, 4) is 11.5 Å². The van der Waals surface area contributed by atoms with Crippen molar-refractivity contribution >= 4 is 35.6 Å². The van der Waals surface area contributed by atoms with Crippen LogP contribution in [0.15, 0.2) is 47.5 Å². The number of hydrogen-bond acceptors (Lipinski definition) is 4. The van der Waals surface area contributed by atoms with Crippen LogP contribution in [0.1, 0.15) is 31.4 Å². The van der Waals surface area contributed by atoms with Crippen molar-refractivity contribution < 1.29 is 14.2 Å². The third kappa shape index (κ3) is 8.10. The number of rotatable bonds is 10. The number of aliphatic imine (C=N–C) groups is 1. The fourth-order valence-electron chi connectivity index (χ4n) is 2.71. The summed E-state index contributed by atoms with van der Waals surface area (Å²) in [5.74, 6) is 2.08. The van der Waals surface area contributed by atoms with Crippen molar-refractivity contribution in [2.75, 3.05) is 32.7 Å². The Morgan fingerprint density at radius 2 is 1.79 bits per heavy atom. The van der Waals surface area contributed by atoms with Gasteiger partial charge in [0.15, 0.2) is 17.5 Å². The zero-order chi connectivity index (χ0) is 20.2. The first kappa shape index (κ1) is 25.0. The van der Waals surface area contributed by atoms with Gasteiger partial charge in [0.05, 0.1) is 20.3 Å². The molecule has 29 heavy (non-hydrogen) atoms. The molecule has 0 heterocycles. The number of ether oxygens (including phenoxy) is 3. The second kappa shape index (κ2) is 14.1. The maximum Gasteiger partial charge on any atom is 0.195 e. The highest BCUT2D eigenvalue weighted by atomic mass is 127. The summed E-state index contributed by atoms with van der Waals surface area (Å²) in [6.45, 7) is 6.69. The van der Waals surface area contributed by atoms with Crippen LogP contribution in [-0.4, -0.2) is 33.3 Å². The minimum Gasteiger partial charge on any atom is -0.493 e. The third-order valence-corrected chi connectivity index (χ3v) is 4.12. The zero-order valence-corrected chi connectivity index (χ0v) is 20.0. The van der Waals surface area contributed by atoms with E-state index in [0.29, 0.717) is 31.5 Å². The number of hydrogen-bond donors (Lipinski definition) is 2. The van der Waals surface area contributed by atoms with Crippen LogP contribution >= 0.6 is 24.0 Å². The van der Waals surface area contributed by atoms with Crippen molar-refractivity contribution in [1.82, 2.24) is 5.32 Å². The van der Waals surface area contributed by atoms with Crippen LogP contribution in [0, 0.1) is 0 Å². The average molecular weight is 513 g/mol. The van der Waals surface area contributed by atoms with E-state index in [2.05, 4.69) is 34.7 Å². The molecule has 0 aromatic heterocycles. The lowest BCUT2D eigenvalue weighted by Crippen LogP contribution is -2.30. The van der Waals surface area contributed by atoms with Gasteiger partial charge in [-0.25, -0.2) is 0 Å². The Balaban J connectivity index is 0.00000420. The minimum atomic E-state index is 0. The fraction of sp³-hybridized carbons (Fsp3) is 0.409. The van der Waals surface area contributed by atoms with E-state index in [4.69, 9.17) is 14.2 Å². The molecule has 0 atom stereocenters. The van der Waals surface area contributed by atoms with Crippen molar-refractivity contribution in [2.45, 2.75) is 33.4 Å². The van der Waals surface area contributed by atoms with E-state index in [-0.39, 0.29) is 24.0 Å². The standard InChI is InChI=1S/C22H31N3O3.HI/c1-5-13-27-16-18-10-8-7-9-17(18)15-24-22(23-3)25-19-11-12-20(28-6-2)21(14-19)26-4;/h7-12,14H,5-6,13,15-16H2,1-4H3,(H2,23,24,25);1H. The van der Waals surface area contributed by atoms with E-state index in [1.807, 2.05) is 37.3 Å². The van der Waals surface area contributed by atoms with Crippen LogP contribution in [-0.2, 0) is 17.9 Å². The van der Waals surface area contributed by atoms with Gasteiger partial charge in [0.1, 0.15) is 0 Å². The molecule has 0 saturated carbocycles. The van der Waals surface area contributed by atoms with E-state index >= 15 is 0 Å². The summed E-state index contributed by atoms with van der Waals surface area (Å²) < 4.78 is 16.7. The lowest BCUT2D eigenvalue weighted by atomic mass is 10.1. The molecule has 2 aromatic rings. The van der Waals surface area contributed by atoms with E-state index < -0.39 is 0 Å². The third-order valence-electron chi connectivity index (χ3n) is 4.12. The normalized spacial score (nSPS) is 10.8. The Morgan fingerprint density at radius 1 is 1.03 bits per heavy atom. The van der Waals surface area contributed by atoms with E-state index in [9.17, 15) is 0 Å². The zero-order valence-electron chi connectivity index (χ0n) is 17.7. The van der Waals surface area contributed by atoms with E-state index in [1.165, 1.54) is 11.1 Å². The highest BCUT2D eigenvalue weighted by Crippen LogP contribution is 2.30. The smallest absolute Gasteiger partial charge is 0.195 e. The summed E-state index contributed by atoms with van der Waals surface area (Å²) in [5, 5.41) is 6.64. The molecule has 6 nitrogen and oxygen atoms in total. The molecule has 0 unspecified atom stereocenters. The monoisotopic (exact) mass is 513 g/mol. The number of halogens is 1. The molecule has 2 rings (SSSR count). The van der Waals surface area contributed by atoms with Gasteiger partial charge in [0.2, 0.25) is 0 Å². The van der Waals surface area contributed by atoms with Gasteiger partial charge in [0, 0.05) is 32.0 Å². The van der Waals surface area contributed by atoms with Crippen molar-refractivity contribution in [3.63, 3.8) is 0 Å². The summed E-state index contributed by atoms with van der Waals surface area (Å²) in [5.41, 5.74) is 3.24. The Morgan fingerprint density at radius 3 is 2.45 bits per heavy atom. The Kier molecular flexibility index (Phi) is 12.1. The molecular weight excluding hydrogens is 481 g/mol. The Hall–Kier alpha value is -2.00. The van der Waals surface area contributed by atoms with E-state index in [0.717, 1.165) is 24.5 Å². The summed E-state index contributed by atoms with van der Waals surface area (Å²) in [6, 6.07) is 14.0. The second-order valence-electron chi connectivity index (χ2n) is 6.17. The number of nitrogens with one attached hydrogen (secondary N) is 2. The lowest BCUT2D eigenvalue weighted by Gasteiger charge is -2.16. The number of benzene rings is 2. The van der Waals surface area contributed by atoms with Crippen molar-refractivity contribution in [1.29, 1.82) is 0 Å². The molecule has 0 amide bonds. The molecule has 7 heteroatoms. The Bertz CT molecular complexity index is 769. The van der Waals surface area contributed by atoms with Crippen LogP contribution in [0.3, 0.4) is 0 Å². The van der Waals surface area contributed by atoms with Gasteiger partial charge >= 0.3 is 0 Å². The van der Waals surface area contributed by atoms with Crippen LogP contribution in [0.2, 0.25) is 0 Å². The van der Waals surface area contributed by atoms with Crippen LogP contribution in [0.25, 0.3) is 0 Å². The number of guanidine groups is 1. The Labute approximate surface area is 191 Å². The van der Waals surface area contributed by atoms with Gasteiger partial charge < -0.3 is 24.8 Å². The second-order valence-corrected chi connectivity index (χ2v) is 6.17. The SMILES string of the molecule is CCCOCc1ccccc1CNC(=NC)Nc1ccc(OCC)c(OC)c1.I. The molecule has 0 aliphatic rings. The highest BCUT2D eigenvalue weighted by Gasteiger charge is 2.08. The van der Waals surface area contributed by atoms with Gasteiger partial charge in [-0.2, -0.15) is 0 Å². The minimum absolute atomic E-state index is 0. The first-order valence-corrected chi connectivity index (χ1v) is 9.64. The van der Waals surface area contributed by atoms with Gasteiger partial charge in [-0.1, -0.05) is 31.2 Å². The largest absolute Gasteiger partial charge is 0.493 e.